The van der Waals surface area contributed by atoms with E-state index in [1.165, 1.54) is 0 Å². The van der Waals surface area contributed by atoms with Gasteiger partial charge in [-0.05, 0) is 0 Å². The summed E-state index contributed by atoms with van der Waals surface area (Å²) in [6.45, 7) is 2.09. The molecule has 0 aliphatic heterocycles. The van der Waals surface area contributed by atoms with Crippen molar-refractivity contribution >= 4 is 5.96 Å². The van der Waals surface area contributed by atoms with Crippen LogP contribution in [0.3, 0.4) is 0 Å². The Kier molecular flexibility index (Phi) is 5.63. The van der Waals surface area contributed by atoms with Crippen LogP contribution in [0.25, 0.3) is 0 Å². The van der Waals surface area contributed by atoms with Gasteiger partial charge in [-0.25, -0.2) is 0 Å². The molecular weight excluding hydrogens is 305 g/mol. The van der Waals surface area contributed by atoms with Crippen molar-refractivity contribution in [2.24, 2.45) is 8.49 Å². The van der Waals surface area contributed by atoms with Gasteiger partial charge in [0.1, 0.15) is 0 Å². The molecule has 0 atom stereocenters. The molecule has 0 fully saturated rings. The van der Waals surface area contributed by atoms with Gasteiger partial charge in [-0.15, -0.1) is 0 Å². The predicted octanol–water partition coefficient (Wildman–Crippen LogP) is -0.193. The van der Waals surface area contributed by atoms with Gasteiger partial charge >= 0.3 is 67.0 Å². The fourth-order valence-corrected chi connectivity index (χ4v) is 2.44. The van der Waals surface area contributed by atoms with Crippen LogP contribution in [0.4, 0.5) is 0 Å². The molecule has 0 unspecified atom stereocenters. The van der Waals surface area contributed by atoms with Gasteiger partial charge < -0.3 is 0 Å². The zero-order valence-electron chi connectivity index (χ0n) is 5.39. The van der Waals surface area contributed by atoms with Crippen molar-refractivity contribution in [3.63, 3.8) is 0 Å². The molecule has 9 heavy (non-hydrogen) atoms. The van der Waals surface area contributed by atoms with Crippen molar-refractivity contribution in [2.45, 2.75) is 10.9 Å². The van der Waals surface area contributed by atoms with E-state index in [1.807, 2.05) is 0 Å². The number of rotatable bonds is 2. The zero-order chi connectivity index (χ0) is 7.11. The minimum absolute atomic E-state index is 0.293. The van der Waals surface area contributed by atoms with Crippen LogP contribution in [0, 0.1) is 11.5 Å². The van der Waals surface area contributed by atoms with E-state index in [-0.39, 0.29) is 0 Å². The second kappa shape index (κ2) is 5.83. The molecule has 0 saturated carbocycles. The van der Waals surface area contributed by atoms with Crippen LogP contribution in [0.5, 0.6) is 0 Å². The van der Waals surface area contributed by atoms with Crippen molar-refractivity contribution < 1.29 is 24.9 Å². The summed E-state index contributed by atoms with van der Waals surface area (Å²) < 4.78 is 5.18. The summed E-state index contributed by atoms with van der Waals surface area (Å²) in [6, 6.07) is 0. The normalized spacial score (nSPS) is 9.56. The molecule has 5 heteroatoms. The Balaban J connectivity index is 3.46. The maximum atomic E-state index is 8.04. The molecule has 0 aliphatic rings. The maximum absolute atomic E-state index is 8.04. The fourth-order valence-electron chi connectivity index (χ4n) is 0.329. The zero-order valence-corrected chi connectivity index (χ0v) is 10.9. The summed E-state index contributed by atoms with van der Waals surface area (Å²) in [5.74, 6) is 0.293. The topological polar surface area (TPSA) is 74.2 Å². The third-order valence-electron chi connectivity index (χ3n) is 0.690. The summed E-state index contributed by atoms with van der Waals surface area (Å²) >= 11 is -1.04. The third-order valence-corrected chi connectivity index (χ3v) is 4.62. The molecule has 0 aromatic heterocycles. The van der Waals surface area contributed by atoms with E-state index in [9.17, 15) is 0 Å². The Morgan fingerprint density at radius 1 is 2.00 bits per heavy atom. The van der Waals surface area contributed by atoms with Crippen LogP contribution < -0.4 is 11.1 Å². The van der Waals surface area contributed by atoms with Crippen LogP contribution in [0.15, 0.2) is 2.76 Å². The number of guanidine groups is 1. The van der Waals surface area contributed by atoms with Gasteiger partial charge in [-0.1, -0.05) is 0 Å². The van der Waals surface area contributed by atoms with Crippen LogP contribution in [0.1, 0.15) is 6.92 Å². The van der Waals surface area contributed by atoms with Crippen molar-refractivity contribution in [1.29, 1.82) is 5.26 Å². The molecule has 3 N–H and O–H groups in total. The first kappa shape index (κ1) is 8.70. The first-order valence-corrected chi connectivity index (χ1v) is 9.11. The number of nitrogens with two attached hydrogens (primary N) is 1. The molecular formula is C4H8HgN4. The van der Waals surface area contributed by atoms with E-state index in [0.29, 0.717) is 5.96 Å². The Morgan fingerprint density at radius 2 is 2.67 bits per heavy atom. The number of nitrogens with one attached hydrogen (secondary N) is 1. The first-order valence-electron chi connectivity index (χ1n) is 2.76. The Morgan fingerprint density at radius 3 is 3.11 bits per heavy atom. The average Bonchev–Trinajstić information content (AvgIpc) is 1.85. The molecule has 0 aliphatic carbocycles. The van der Waals surface area contributed by atoms with E-state index in [4.69, 9.17) is 11.0 Å². The van der Waals surface area contributed by atoms with Gasteiger partial charge in [-0.2, -0.15) is 0 Å². The third kappa shape index (κ3) is 5.57. The van der Waals surface area contributed by atoms with Crippen LogP contribution in [0.2, 0.25) is 3.93 Å². The van der Waals surface area contributed by atoms with E-state index < -0.39 is 24.9 Å². The second-order valence-corrected chi connectivity index (χ2v) is 8.36. The average molecular weight is 313 g/mol. The van der Waals surface area contributed by atoms with Crippen LogP contribution in [-0.4, -0.2) is 5.96 Å². The van der Waals surface area contributed by atoms with E-state index in [2.05, 4.69) is 15.0 Å². The van der Waals surface area contributed by atoms with Gasteiger partial charge in [0.05, 0.1) is 0 Å². The summed E-state index contributed by atoms with van der Waals surface area (Å²) in [6.07, 6.45) is 1.71. The van der Waals surface area contributed by atoms with E-state index in [0.717, 1.165) is 3.93 Å². The van der Waals surface area contributed by atoms with Crippen LogP contribution >= 0.6 is 0 Å². The fraction of sp³-hybridized carbons (Fsp3) is 0.500. The van der Waals surface area contributed by atoms with Crippen molar-refractivity contribution in [2.75, 3.05) is 0 Å². The summed E-state index contributed by atoms with van der Waals surface area (Å²) in [5, 5.41) is 10.3. The SMILES string of the molecule is C[CH2][Hg]/[N]=C(\N)NC#N. The Labute approximate surface area is 67.0 Å². The molecule has 4 nitrogen and oxygen atoms in total. The molecule has 0 heterocycles. The van der Waals surface area contributed by atoms with Crippen molar-refractivity contribution in [3.8, 4) is 6.19 Å². The monoisotopic (exact) mass is 314 g/mol. The number of nitriles is 1. The standard InChI is InChI=1S/C2H3N4.C2H5.Hg/c3-1-6-2(4)5;1-2;/h(H3-,4,5,6);1H2,2H3;/q-1;;+1. The Hall–Kier alpha value is -0.305. The van der Waals surface area contributed by atoms with Gasteiger partial charge in [0, 0.05) is 0 Å². The number of nitrogens with zero attached hydrogens (tertiary/aromatic N) is 2. The van der Waals surface area contributed by atoms with Gasteiger partial charge in [-0.3, -0.25) is 0 Å². The molecule has 0 bridgehead atoms. The van der Waals surface area contributed by atoms with Crippen LogP contribution in [-0.2, 0) is 24.9 Å². The molecule has 0 rings (SSSR count). The summed E-state index contributed by atoms with van der Waals surface area (Å²) in [5.41, 5.74) is 5.24. The molecule has 0 aromatic rings. The van der Waals surface area contributed by atoms with Crippen molar-refractivity contribution in [1.82, 2.24) is 5.32 Å². The van der Waals surface area contributed by atoms with E-state index in [1.54, 1.807) is 6.19 Å². The molecule has 0 radical (unpaired) electrons. The molecule has 0 aromatic carbocycles. The Bertz CT molecular complexity index is 136. The molecule has 46 valence electrons. The van der Waals surface area contributed by atoms with E-state index >= 15 is 0 Å². The summed E-state index contributed by atoms with van der Waals surface area (Å²) in [7, 11) is 0. The van der Waals surface area contributed by atoms with Gasteiger partial charge in [0.25, 0.3) is 0 Å². The van der Waals surface area contributed by atoms with Gasteiger partial charge in [0.2, 0.25) is 0 Å². The number of hydrogen-bond acceptors (Lipinski definition) is 2. The molecule has 0 amide bonds. The molecule has 0 spiro atoms. The first-order chi connectivity index (χ1) is 4.31. The van der Waals surface area contributed by atoms with Gasteiger partial charge in [0.15, 0.2) is 0 Å². The predicted molar refractivity (Wildman–Crippen MR) is 30.9 cm³/mol. The second-order valence-electron chi connectivity index (χ2n) is 1.50. The van der Waals surface area contributed by atoms with Crippen molar-refractivity contribution in [3.05, 3.63) is 0 Å². The molecule has 0 saturated heterocycles. The summed E-state index contributed by atoms with van der Waals surface area (Å²) in [4.78, 5) is 0. The number of hydrogen-bond donors (Lipinski definition) is 2. The quantitative estimate of drug-likeness (QED) is 0.244. The minimum atomic E-state index is -1.04.